The van der Waals surface area contributed by atoms with Crippen molar-refractivity contribution in [3.8, 4) is 0 Å². The first-order chi connectivity index (χ1) is 7.83. The molecule has 1 aromatic carbocycles. The molecule has 3 rings (SSSR count). The van der Waals surface area contributed by atoms with Gasteiger partial charge in [-0.15, -0.1) is 0 Å². The third-order valence-electron chi connectivity index (χ3n) is 2.85. The van der Waals surface area contributed by atoms with Crippen molar-refractivity contribution in [2.24, 2.45) is 5.92 Å². The van der Waals surface area contributed by atoms with Crippen LogP contribution in [0.1, 0.15) is 12.8 Å². The predicted octanol–water partition coefficient (Wildman–Crippen LogP) is 2.59. The molecule has 3 nitrogen and oxygen atoms in total. The first-order valence-corrected chi connectivity index (χ1v) is 5.47. The maximum atomic E-state index is 13.1. The number of anilines is 1. The molecule has 0 aliphatic heterocycles. The molecule has 4 heteroatoms. The molecule has 1 aliphatic rings. The predicted molar refractivity (Wildman–Crippen MR) is 60.7 cm³/mol. The maximum Gasteiger partial charge on any atom is 0.137 e. The van der Waals surface area contributed by atoms with Gasteiger partial charge in [0.1, 0.15) is 18.0 Å². The fourth-order valence-electron chi connectivity index (χ4n) is 1.73. The van der Waals surface area contributed by atoms with Crippen molar-refractivity contribution >= 4 is 16.7 Å². The summed E-state index contributed by atoms with van der Waals surface area (Å²) in [7, 11) is 0. The number of fused-ring (bicyclic) bond motifs is 1. The van der Waals surface area contributed by atoms with Gasteiger partial charge in [-0.3, -0.25) is 0 Å². The van der Waals surface area contributed by atoms with E-state index in [1.54, 1.807) is 6.07 Å². The highest BCUT2D eigenvalue weighted by molar-refractivity contribution is 5.88. The number of hydrogen-bond acceptors (Lipinski definition) is 3. The summed E-state index contributed by atoms with van der Waals surface area (Å²) in [5.41, 5.74) is 0.773. The van der Waals surface area contributed by atoms with Gasteiger partial charge in [-0.05, 0) is 37.0 Å². The van der Waals surface area contributed by atoms with Gasteiger partial charge in [-0.25, -0.2) is 14.4 Å². The first kappa shape index (κ1) is 9.51. The lowest BCUT2D eigenvalue weighted by Gasteiger charge is -2.07. The van der Waals surface area contributed by atoms with Crippen LogP contribution in [0.4, 0.5) is 10.2 Å². The van der Waals surface area contributed by atoms with E-state index in [4.69, 9.17) is 0 Å². The average molecular weight is 217 g/mol. The summed E-state index contributed by atoms with van der Waals surface area (Å²) in [6.07, 6.45) is 4.07. The van der Waals surface area contributed by atoms with Gasteiger partial charge in [0.15, 0.2) is 0 Å². The Balaban J connectivity index is 1.97. The summed E-state index contributed by atoms with van der Waals surface area (Å²) < 4.78 is 13.1. The zero-order chi connectivity index (χ0) is 11.0. The molecule has 1 heterocycles. The molecule has 0 amide bonds. The molecule has 0 saturated heterocycles. The number of nitrogens with zero attached hydrogens (tertiary/aromatic N) is 2. The van der Waals surface area contributed by atoms with E-state index in [-0.39, 0.29) is 5.82 Å². The quantitative estimate of drug-likeness (QED) is 0.858. The Morgan fingerprint density at radius 2 is 2.19 bits per heavy atom. The highest BCUT2D eigenvalue weighted by atomic mass is 19.1. The van der Waals surface area contributed by atoms with Crippen molar-refractivity contribution in [2.45, 2.75) is 12.8 Å². The van der Waals surface area contributed by atoms with E-state index < -0.39 is 0 Å². The molecule has 16 heavy (non-hydrogen) atoms. The molecule has 1 aromatic heterocycles. The molecular formula is C12H12FN3. The Morgan fingerprint density at radius 3 is 3.00 bits per heavy atom. The zero-order valence-corrected chi connectivity index (χ0v) is 8.78. The molecule has 1 aliphatic carbocycles. The highest BCUT2D eigenvalue weighted by Crippen LogP contribution is 2.29. The van der Waals surface area contributed by atoms with Crippen LogP contribution in [-0.4, -0.2) is 16.5 Å². The van der Waals surface area contributed by atoms with E-state index in [0.29, 0.717) is 0 Å². The van der Waals surface area contributed by atoms with Crippen molar-refractivity contribution in [1.29, 1.82) is 0 Å². The zero-order valence-electron chi connectivity index (χ0n) is 8.78. The third-order valence-corrected chi connectivity index (χ3v) is 2.85. The van der Waals surface area contributed by atoms with Crippen LogP contribution in [0.5, 0.6) is 0 Å². The minimum Gasteiger partial charge on any atom is -0.369 e. The molecule has 0 radical (unpaired) electrons. The molecule has 0 atom stereocenters. The monoisotopic (exact) mass is 217 g/mol. The van der Waals surface area contributed by atoms with Crippen LogP contribution >= 0.6 is 0 Å². The summed E-state index contributed by atoms with van der Waals surface area (Å²) in [5, 5.41) is 4.01. The summed E-state index contributed by atoms with van der Waals surface area (Å²) in [6, 6.07) is 4.57. The third kappa shape index (κ3) is 1.83. The Bertz CT molecular complexity index is 523. The van der Waals surface area contributed by atoms with Gasteiger partial charge in [0.2, 0.25) is 0 Å². The minimum absolute atomic E-state index is 0.253. The number of benzene rings is 1. The SMILES string of the molecule is Fc1ccc2ncnc(NCC3CC3)c2c1. The van der Waals surface area contributed by atoms with Gasteiger partial charge in [-0.1, -0.05) is 0 Å². The molecule has 0 spiro atoms. The standard InChI is InChI=1S/C12H12FN3/c13-9-3-4-11-10(5-9)12(16-7-15-11)14-6-8-1-2-8/h3-5,7-8H,1-2,6H2,(H,14,15,16). The number of halogens is 1. The van der Waals surface area contributed by atoms with Crippen LogP contribution in [0.15, 0.2) is 24.5 Å². The van der Waals surface area contributed by atoms with Gasteiger partial charge in [-0.2, -0.15) is 0 Å². The molecule has 2 aromatic rings. The molecule has 82 valence electrons. The van der Waals surface area contributed by atoms with Gasteiger partial charge in [0.05, 0.1) is 5.52 Å². The molecule has 1 saturated carbocycles. The Morgan fingerprint density at radius 1 is 1.31 bits per heavy atom. The van der Waals surface area contributed by atoms with Crippen LogP contribution in [0.25, 0.3) is 10.9 Å². The number of aromatic nitrogens is 2. The number of nitrogens with one attached hydrogen (secondary N) is 1. The van der Waals surface area contributed by atoms with Gasteiger partial charge in [0, 0.05) is 11.9 Å². The van der Waals surface area contributed by atoms with Crippen LogP contribution in [0, 0.1) is 11.7 Å². The van der Waals surface area contributed by atoms with Crippen molar-refractivity contribution < 1.29 is 4.39 Å². The van der Waals surface area contributed by atoms with E-state index in [1.807, 2.05) is 0 Å². The van der Waals surface area contributed by atoms with Crippen molar-refractivity contribution in [3.05, 3.63) is 30.3 Å². The largest absolute Gasteiger partial charge is 0.369 e. The number of rotatable bonds is 3. The fourth-order valence-corrected chi connectivity index (χ4v) is 1.73. The van der Waals surface area contributed by atoms with Gasteiger partial charge < -0.3 is 5.32 Å². The van der Waals surface area contributed by atoms with Crippen molar-refractivity contribution in [3.63, 3.8) is 0 Å². The second-order valence-corrected chi connectivity index (χ2v) is 4.21. The Hall–Kier alpha value is -1.71. The van der Waals surface area contributed by atoms with Crippen LogP contribution in [0.3, 0.4) is 0 Å². The first-order valence-electron chi connectivity index (χ1n) is 5.47. The second-order valence-electron chi connectivity index (χ2n) is 4.21. The summed E-state index contributed by atoms with van der Waals surface area (Å²) in [4.78, 5) is 8.27. The smallest absolute Gasteiger partial charge is 0.137 e. The Labute approximate surface area is 92.7 Å². The lowest BCUT2D eigenvalue weighted by Crippen LogP contribution is -2.05. The highest BCUT2D eigenvalue weighted by Gasteiger charge is 2.21. The molecule has 1 fully saturated rings. The molecule has 1 N–H and O–H groups in total. The normalized spacial score (nSPS) is 15.3. The summed E-state index contributed by atoms with van der Waals surface area (Å²) in [6.45, 7) is 0.919. The van der Waals surface area contributed by atoms with E-state index in [1.165, 1.54) is 31.3 Å². The summed E-state index contributed by atoms with van der Waals surface area (Å²) >= 11 is 0. The van der Waals surface area contributed by atoms with Crippen LogP contribution in [-0.2, 0) is 0 Å². The maximum absolute atomic E-state index is 13.1. The van der Waals surface area contributed by atoms with Crippen LogP contribution < -0.4 is 5.32 Å². The Kier molecular flexibility index (Phi) is 2.20. The van der Waals surface area contributed by atoms with E-state index in [2.05, 4.69) is 15.3 Å². The average Bonchev–Trinajstić information content (AvgIpc) is 3.10. The lowest BCUT2D eigenvalue weighted by atomic mass is 10.2. The molecular weight excluding hydrogens is 205 g/mol. The van der Waals surface area contributed by atoms with Gasteiger partial charge >= 0.3 is 0 Å². The topological polar surface area (TPSA) is 37.8 Å². The van der Waals surface area contributed by atoms with Crippen molar-refractivity contribution in [2.75, 3.05) is 11.9 Å². The lowest BCUT2D eigenvalue weighted by molar-refractivity contribution is 0.629. The fraction of sp³-hybridized carbons (Fsp3) is 0.333. The number of hydrogen-bond donors (Lipinski definition) is 1. The summed E-state index contributed by atoms with van der Waals surface area (Å²) in [5.74, 6) is 1.24. The van der Waals surface area contributed by atoms with E-state index in [9.17, 15) is 4.39 Å². The minimum atomic E-state index is -0.253. The molecule has 0 unspecified atom stereocenters. The second kappa shape index (κ2) is 3.70. The van der Waals surface area contributed by atoms with Gasteiger partial charge in [0.25, 0.3) is 0 Å². The van der Waals surface area contributed by atoms with Crippen LogP contribution in [0.2, 0.25) is 0 Å². The molecule has 0 bridgehead atoms. The van der Waals surface area contributed by atoms with E-state index >= 15 is 0 Å². The van der Waals surface area contributed by atoms with E-state index in [0.717, 1.165) is 29.2 Å². The van der Waals surface area contributed by atoms with Crippen molar-refractivity contribution in [1.82, 2.24) is 9.97 Å².